The van der Waals surface area contributed by atoms with Crippen LogP contribution in [0.5, 0.6) is 0 Å². The molecule has 1 heterocycles. The Hall–Kier alpha value is 0.831. The second-order valence-corrected chi connectivity index (χ2v) is 10.7. The molecule has 0 N–H and O–H groups in total. The second kappa shape index (κ2) is 3.77. The van der Waals surface area contributed by atoms with Crippen LogP contribution in [-0.2, 0) is 0 Å². The molecule has 1 aliphatic rings. The van der Waals surface area contributed by atoms with Crippen molar-refractivity contribution < 1.29 is 0 Å². The fraction of sp³-hybridized carbons (Fsp3) is 1.00. The molecule has 0 aliphatic carbocycles. The summed E-state index contributed by atoms with van der Waals surface area (Å²) >= 11 is 0. The summed E-state index contributed by atoms with van der Waals surface area (Å²) in [6.45, 7) is 14.3. The SMILES string of the molecule is CC1(C)N=[SiH][SiH2]C(C)(C)C1(C)C.[Li]. The quantitative estimate of drug-likeness (QED) is 0.530. The minimum Gasteiger partial charge on any atom is -0.338 e. The van der Waals surface area contributed by atoms with Crippen molar-refractivity contribution >= 4 is 36.7 Å². The van der Waals surface area contributed by atoms with Gasteiger partial charge in [-0.1, -0.05) is 27.7 Å². The normalized spacial score (nSPS) is 29.7. The molecule has 0 fully saturated rings. The number of nitrogens with zero attached hydrogens (tertiary/aromatic N) is 1. The topological polar surface area (TPSA) is 12.4 Å². The Morgan fingerprint density at radius 1 is 1.00 bits per heavy atom. The van der Waals surface area contributed by atoms with Crippen molar-refractivity contribution in [3.05, 3.63) is 0 Å². The predicted molar refractivity (Wildman–Crippen MR) is 65.8 cm³/mol. The fourth-order valence-electron chi connectivity index (χ4n) is 1.75. The van der Waals surface area contributed by atoms with Crippen LogP contribution in [0.4, 0.5) is 0 Å². The van der Waals surface area contributed by atoms with Gasteiger partial charge in [0.25, 0.3) is 0 Å². The first-order chi connectivity index (χ1) is 5.21. The van der Waals surface area contributed by atoms with E-state index in [1.807, 2.05) is 0 Å². The molecule has 0 aromatic heterocycles. The van der Waals surface area contributed by atoms with E-state index < -0.39 is 0 Å². The van der Waals surface area contributed by atoms with Gasteiger partial charge in [-0.25, -0.2) is 0 Å². The third-order valence-corrected chi connectivity index (χ3v) is 11.3. The summed E-state index contributed by atoms with van der Waals surface area (Å²) in [4.78, 5) is 0. The zero-order valence-corrected chi connectivity index (χ0v) is 12.8. The Bertz CT molecular complexity index is 222. The molecule has 0 spiro atoms. The van der Waals surface area contributed by atoms with Gasteiger partial charge in [-0.05, 0) is 24.3 Å². The third-order valence-electron chi connectivity index (χ3n) is 4.24. The summed E-state index contributed by atoms with van der Waals surface area (Å²) in [5.41, 5.74) is 0.592. The van der Waals surface area contributed by atoms with Crippen molar-refractivity contribution in [2.75, 3.05) is 0 Å². The van der Waals surface area contributed by atoms with Gasteiger partial charge in [0.15, 0.2) is 0 Å². The zero-order valence-electron chi connectivity index (χ0n) is 10.2. The maximum absolute atomic E-state index is 4.86. The summed E-state index contributed by atoms with van der Waals surface area (Å²) in [6, 6.07) is 0. The van der Waals surface area contributed by atoms with E-state index in [-0.39, 0.29) is 33.4 Å². The molecule has 13 heavy (non-hydrogen) atoms. The summed E-state index contributed by atoms with van der Waals surface area (Å²) in [7, 11) is 0.545. The largest absolute Gasteiger partial charge is 0.338 e. The molecule has 0 amide bonds. The summed E-state index contributed by atoms with van der Waals surface area (Å²) in [5.74, 6) is 0. The van der Waals surface area contributed by atoms with Crippen LogP contribution in [0, 0.1) is 5.41 Å². The summed E-state index contributed by atoms with van der Waals surface area (Å²) < 4.78 is 4.86. The monoisotopic (exact) mass is 206 g/mol. The van der Waals surface area contributed by atoms with Crippen molar-refractivity contribution in [2.45, 2.75) is 52.1 Å². The average Bonchev–Trinajstić information content (AvgIpc) is 1.83. The molecule has 0 aromatic carbocycles. The van der Waals surface area contributed by atoms with Gasteiger partial charge in [0.05, 0.1) is 17.9 Å². The third kappa shape index (κ3) is 2.09. The van der Waals surface area contributed by atoms with Gasteiger partial charge >= 0.3 is 0 Å². The van der Waals surface area contributed by atoms with Crippen LogP contribution in [0.3, 0.4) is 0 Å². The molecule has 0 unspecified atom stereocenters. The molecule has 4 heteroatoms. The summed E-state index contributed by atoms with van der Waals surface area (Å²) in [6.07, 6.45) is 0. The van der Waals surface area contributed by atoms with Gasteiger partial charge in [-0.15, -0.1) is 0 Å². The molecule has 1 rings (SSSR count). The first-order valence-electron chi connectivity index (χ1n) is 4.74. The van der Waals surface area contributed by atoms with Gasteiger partial charge in [0.2, 0.25) is 0 Å². The molecular formula is C9H21LiNSi2. The van der Waals surface area contributed by atoms with Crippen molar-refractivity contribution in [3.63, 3.8) is 0 Å². The molecule has 0 saturated heterocycles. The van der Waals surface area contributed by atoms with Crippen LogP contribution in [0.1, 0.15) is 41.5 Å². The Labute approximate surface area is 98.8 Å². The molecule has 0 atom stereocenters. The molecule has 0 aromatic rings. The minimum atomic E-state index is 0. The van der Waals surface area contributed by atoms with Crippen LogP contribution in [0.2, 0.25) is 5.04 Å². The smallest absolute Gasteiger partial charge is 0.0853 e. The van der Waals surface area contributed by atoms with Crippen molar-refractivity contribution in [1.82, 2.24) is 0 Å². The van der Waals surface area contributed by atoms with E-state index in [2.05, 4.69) is 41.5 Å². The number of rotatable bonds is 0. The van der Waals surface area contributed by atoms with E-state index in [0.29, 0.717) is 19.3 Å². The molecule has 0 bridgehead atoms. The first-order valence-corrected chi connectivity index (χ1v) is 9.23. The van der Waals surface area contributed by atoms with Crippen LogP contribution in [0.15, 0.2) is 4.63 Å². The van der Waals surface area contributed by atoms with Crippen molar-refractivity contribution in [2.24, 2.45) is 10.0 Å². The van der Waals surface area contributed by atoms with Crippen LogP contribution < -0.4 is 0 Å². The number of hydrogen-bond donors (Lipinski definition) is 0. The molecule has 1 radical (unpaired) electrons. The van der Waals surface area contributed by atoms with E-state index >= 15 is 0 Å². The Balaban J connectivity index is 0.00000144. The Morgan fingerprint density at radius 3 is 1.77 bits per heavy atom. The van der Waals surface area contributed by atoms with Crippen LogP contribution in [-0.4, -0.2) is 42.3 Å². The van der Waals surface area contributed by atoms with E-state index in [1.54, 1.807) is 0 Å². The first kappa shape index (κ1) is 13.8. The fourth-order valence-corrected chi connectivity index (χ4v) is 8.56. The van der Waals surface area contributed by atoms with E-state index in [1.165, 1.54) is 0 Å². The van der Waals surface area contributed by atoms with Crippen molar-refractivity contribution in [3.8, 4) is 0 Å². The maximum Gasteiger partial charge on any atom is 0.0853 e. The molecule has 0 saturated carbocycles. The van der Waals surface area contributed by atoms with Gasteiger partial charge in [0.1, 0.15) is 0 Å². The predicted octanol–water partition coefficient (Wildman–Crippen LogP) is 1.33. The van der Waals surface area contributed by atoms with Crippen LogP contribution >= 0.6 is 0 Å². The van der Waals surface area contributed by atoms with Gasteiger partial charge in [0, 0.05) is 24.4 Å². The van der Waals surface area contributed by atoms with Gasteiger partial charge < -0.3 is 4.63 Å². The van der Waals surface area contributed by atoms with Crippen molar-refractivity contribution in [1.29, 1.82) is 0 Å². The molecular weight excluding hydrogens is 185 g/mol. The van der Waals surface area contributed by atoms with Crippen LogP contribution in [0.25, 0.3) is 0 Å². The van der Waals surface area contributed by atoms with E-state index in [0.717, 1.165) is 0 Å². The standard InChI is InChI=1S/C9H21NSi2.Li/c1-7(2)8(3,4)10-12-11-9(7,5)6;/h12H,11H2,1-6H3;. The van der Waals surface area contributed by atoms with Gasteiger partial charge in [-0.2, -0.15) is 0 Å². The van der Waals surface area contributed by atoms with E-state index in [4.69, 9.17) is 4.63 Å². The zero-order chi connectivity index (χ0) is 9.62. The van der Waals surface area contributed by atoms with E-state index in [9.17, 15) is 0 Å². The average molecular weight is 206 g/mol. The second-order valence-electron chi connectivity index (χ2n) is 5.58. The molecule has 71 valence electrons. The summed E-state index contributed by atoms with van der Waals surface area (Å²) in [5, 5.41) is 0.591. The minimum absolute atomic E-state index is 0. The molecule has 1 aliphatic heterocycles. The Morgan fingerprint density at radius 2 is 1.46 bits per heavy atom. The molecule has 1 nitrogen and oxygen atoms in total. The van der Waals surface area contributed by atoms with Gasteiger partial charge in [-0.3, -0.25) is 0 Å². The Kier molecular flexibility index (Phi) is 4.01. The maximum atomic E-state index is 4.86. The number of hydrogen-bond acceptors (Lipinski definition) is 1.